The Hall–Kier alpha value is -3.47. The average Bonchev–Trinajstić information content (AvgIpc) is 2.73. The lowest BCUT2D eigenvalue weighted by Gasteiger charge is -2.16. The molecule has 0 amide bonds. The van der Waals surface area contributed by atoms with Crippen LogP contribution in [0.25, 0.3) is 27.7 Å². The largest absolute Gasteiger partial charge is 0.376 e. The molecular weight excluding hydrogens is 348 g/mol. The Morgan fingerprint density at radius 2 is 1.79 bits per heavy atom. The van der Waals surface area contributed by atoms with Crippen molar-refractivity contribution in [2.45, 2.75) is 13.3 Å². The fraction of sp³-hybridized carbons (Fsp3) is 0.174. The Bertz CT molecular complexity index is 1200. The van der Waals surface area contributed by atoms with Crippen molar-refractivity contribution in [1.29, 1.82) is 0 Å². The smallest absolute Gasteiger partial charge is 0.266 e. The van der Waals surface area contributed by atoms with Gasteiger partial charge in [0.15, 0.2) is 0 Å². The van der Waals surface area contributed by atoms with Gasteiger partial charge in [-0.25, -0.2) is 4.98 Å². The molecule has 140 valence electrons. The number of aromatic nitrogens is 3. The molecule has 0 N–H and O–H groups in total. The number of hydrogen-bond donors (Lipinski definition) is 0. The van der Waals surface area contributed by atoms with Crippen LogP contribution in [0.1, 0.15) is 12.7 Å². The number of aryl methyl sites for hydroxylation is 1. The zero-order valence-corrected chi connectivity index (χ0v) is 16.3. The second kappa shape index (κ2) is 7.27. The SMILES string of the molecule is CCc1nc2cccc(-c3cncc(N(C)C)c3)c2c(=O)n1-c1ccccc1. The van der Waals surface area contributed by atoms with E-state index in [1.54, 1.807) is 10.8 Å². The summed E-state index contributed by atoms with van der Waals surface area (Å²) in [6, 6.07) is 17.5. The molecule has 4 rings (SSSR count). The van der Waals surface area contributed by atoms with Crippen LogP contribution in [0.4, 0.5) is 5.69 Å². The fourth-order valence-electron chi connectivity index (χ4n) is 3.42. The monoisotopic (exact) mass is 370 g/mol. The summed E-state index contributed by atoms with van der Waals surface area (Å²) in [7, 11) is 3.95. The number of anilines is 1. The maximum absolute atomic E-state index is 13.6. The number of pyridine rings is 1. The van der Waals surface area contributed by atoms with E-state index in [0.717, 1.165) is 28.3 Å². The molecule has 0 spiro atoms. The first kappa shape index (κ1) is 17.9. The molecule has 0 fully saturated rings. The number of rotatable bonds is 4. The summed E-state index contributed by atoms with van der Waals surface area (Å²) in [6.45, 7) is 2.02. The third-order valence-electron chi connectivity index (χ3n) is 4.85. The van der Waals surface area contributed by atoms with E-state index < -0.39 is 0 Å². The number of benzene rings is 2. The third kappa shape index (κ3) is 3.05. The van der Waals surface area contributed by atoms with Gasteiger partial charge >= 0.3 is 0 Å². The van der Waals surface area contributed by atoms with Crippen LogP contribution in [-0.2, 0) is 6.42 Å². The van der Waals surface area contributed by atoms with E-state index >= 15 is 0 Å². The van der Waals surface area contributed by atoms with Crippen molar-refractivity contribution in [2.75, 3.05) is 19.0 Å². The van der Waals surface area contributed by atoms with Gasteiger partial charge < -0.3 is 4.90 Å². The average molecular weight is 370 g/mol. The van der Waals surface area contributed by atoms with E-state index in [4.69, 9.17) is 4.98 Å². The molecule has 0 saturated carbocycles. The molecule has 5 nitrogen and oxygen atoms in total. The quantitative estimate of drug-likeness (QED) is 0.543. The highest BCUT2D eigenvalue weighted by molar-refractivity contribution is 5.94. The summed E-state index contributed by atoms with van der Waals surface area (Å²) >= 11 is 0. The molecule has 0 saturated heterocycles. The normalized spacial score (nSPS) is 11.0. The van der Waals surface area contributed by atoms with Gasteiger partial charge in [0.1, 0.15) is 5.82 Å². The highest BCUT2D eigenvalue weighted by Gasteiger charge is 2.16. The topological polar surface area (TPSA) is 51.0 Å². The van der Waals surface area contributed by atoms with Crippen LogP contribution in [0.5, 0.6) is 0 Å². The van der Waals surface area contributed by atoms with Crippen LogP contribution < -0.4 is 10.5 Å². The molecule has 0 radical (unpaired) electrons. The maximum Gasteiger partial charge on any atom is 0.266 e. The van der Waals surface area contributed by atoms with Crippen molar-refractivity contribution in [3.05, 3.63) is 83.2 Å². The van der Waals surface area contributed by atoms with Crippen molar-refractivity contribution in [2.24, 2.45) is 0 Å². The van der Waals surface area contributed by atoms with Gasteiger partial charge in [-0.2, -0.15) is 0 Å². The summed E-state index contributed by atoms with van der Waals surface area (Å²) in [6.07, 6.45) is 4.27. The molecule has 5 heteroatoms. The van der Waals surface area contributed by atoms with E-state index in [2.05, 4.69) is 4.98 Å². The molecule has 2 heterocycles. The van der Waals surface area contributed by atoms with Gasteiger partial charge in [-0.15, -0.1) is 0 Å². The third-order valence-corrected chi connectivity index (χ3v) is 4.85. The maximum atomic E-state index is 13.6. The first-order valence-corrected chi connectivity index (χ1v) is 9.33. The van der Waals surface area contributed by atoms with Crippen LogP contribution in [0, 0.1) is 0 Å². The van der Waals surface area contributed by atoms with Gasteiger partial charge in [0.2, 0.25) is 0 Å². The molecule has 0 aliphatic carbocycles. The van der Waals surface area contributed by atoms with E-state index in [9.17, 15) is 4.79 Å². The summed E-state index contributed by atoms with van der Waals surface area (Å²) in [5.74, 6) is 0.751. The second-order valence-corrected chi connectivity index (χ2v) is 6.88. The predicted molar refractivity (Wildman–Crippen MR) is 114 cm³/mol. The van der Waals surface area contributed by atoms with Crippen molar-refractivity contribution in [1.82, 2.24) is 14.5 Å². The lowest BCUT2D eigenvalue weighted by Crippen LogP contribution is -2.24. The number of fused-ring (bicyclic) bond motifs is 1. The predicted octanol–water partition coefficient (Wildman–Crippen LogP) is 4.08. The van der Waals surface area contributed by atoms with Crippen molar-refractivity contribution < 1.29 is 0 Å². The lowest BCUT2D eigenvalue weighted by molar-refractivity contribution is 0.833. The second-order valence-electron chi connectivity index (χ2n) is 6.88. The highest BCUT2D eigenvalue weighted by atomic mass is 16.1. The summed E-state index contributed by atoms with van der Waals surface area (Å²) in [5, 5.41) is 0.612. The molecule has 28 heavy (non-hydrogen) atoms. The van der Waals surface area contributed by atoms with Crippen LogP contribution in [0.15, 0.2) is 71.8 Å². The van der Waals surface area contributed by atoms with Gasteiger partial charge in [0.05, 0.1) is 28.5 Å². The van der Waals surface area contributed by atoms with Crippen molar-refractivity contribution in [3.8, 4) is 16.8 Å². The van der Waals surface area contributed by atoms with E-state index in [1.165, 1.54) is 0 Å². The van der Waals surface area contributed by atoms with Gasteiger partial charge in [-0.3, -0.25) is 14.3 Å². The molecule has 0 unspecified atom stereocenters. The van der Waals surface area contributed by atoms with Crippen molar-refractivity contribution >= 4 is 16.6 Å². The Kier molecular flexibility index (Phi) is 4.65. The van der Waals surface area contributed by atoms with E-state index in [1.807, 2.05) is 86.7 Å². The zero-order valence-electron chi connectivity index (χ0n) is 16.3. The number of para-hydroxylation sites is 1. The van der Waals surface area contributed by atoms with Gasteiger partial charge in [0, 0.05) is 32.3 Å². The zero-order chi connectivity index (χ0) is 19.7. The summed E-state index contributed by atoms with van der Waals surface area (Å²) in [5.41, 5.74) is 4.21. The van der Waals surface area contributed by atoms with Crippen molar-refractivity contribution in [3.63, 3.8) is 0 Å². The van der Waals surface area contributed by atoms with Crippen LogP contribution in [-0.4, -0.2) is 28.6 Å². The van der Waals surface area contributed by atoms with Crippen LogP contribution >= 0.6 is 0 Å². The Morgan fingerprint density at radius 3 is 2.50 bits per heavy atom. The lowest BCUT2D eigenvalue weighted by atomic mass is 10.0. The van der Waals surface area contributed by atoms with E-state index in [0.29, 0.717) is 17.3 Å². The molecule has 2 aromatic carbocycles. The Labute approximate surface area is 163 Å². The minimum atomic E-state index is -0.0566. The van der Waals surface area contributed by atoms with Gasteiger partial charge in [-0.1, -0.05) is 37.3 Å². The van der Waals surface area contributed by atoms with Crippen LogP contribution in [0.3, 0.4) is 0 Å². The van der Waals surface area contributed by atoms with Gasteiger partial charge in [-0.05, 0) is 29.8 Å². The highest BCUT2D eigenvalue weighted by Crippen LogP contribution is 2.28. The minimum absolute atomic E-state index is 0.0566. The molecule has 0 aliphatic heterocycles. The molecule has 4 aromatic rings. The Balaban J connectivity index is 2.05. The molecule has 0 bridgehead atoms. The first-order chi connectivity index (χ1) is 13.6. The number of hydrogen-bond acceptors (Lipinski definition) is 4. The van der Waals surface area contributed by atoms with Gasteiger partial charge in [0.25, 0.3) is 5.56 Å². The number of nitrogens with zero attached hydrogens (tertiary/aromatic N) is 4. The van der Waals surface area contributed by atoms with E-state index in [-0.39, 0.29) is 5.56 Å². The first-order valence-electron chi connectivity index (χ1n) is 9.33. The van der Waals surface area contributed by atoms with Crippen LogP contribution in [0.2, 0.25) is 0 Å². The standard InChI is InChI=1S/C23H22N4O/c1-4-21-25-20-12-8-11-19(16-13-18(26(2)3)15-24-14-16)22(20)23(28)27(21)17-9-6-5-7-10-17/h5-15H,4H2,1-3H3. The minimum Gasteiger partial charge on any atom is -0.376 e. The molecular formula is C23H22N4O. The molecule has 0 atom stereocenters. The Morgan fingerprint density at radius 1 is 1.00 bits per heavy atom. The summed E-state index contributed by atoms with van der Waals surface area (Å²) < 4.78 is 1.72. The molecule has 0 aliphatic rings. The summed E-state index contributed by atoms with van der Waals surface area (Å²) in [4.78, 5) is 24.8. The fourth-order valence-corrected chi connectivity index (χ4v) is 3.42. The molecule has 2 aromatic heterocycles.